The fourth-order valence-electron chi connectivity index (χ4n) is 2.11. The molecule has 0 saturated heterocycles. The van der Waals surface area contributed by atoms with Gasteiger partial charge in [-0.3, -0.25) is 4.40 Å². The van der Waals surface area contributed by atoms with Gasteiger partial charge in [0.1, 0.15) is 12.2 Å². The normalized spacial score (nSPS) is 12.3. The summed E-state index contributed by atoms with van der Waals surface area (Å²) in [5.41, 5.74) is 0.873. The first-order chi connectivity index (χ1) is 9.33. The Morgan fingerprint density at radius 1 is 1.35 bits per heavy atom. The summed E-state index contributed by atoms with van der Waals surface area (Å²) in [7, 11) is 0. The van der Waals surface area contributed by atoms with Gasteiger partial charge in [-0.05, 0) is 26.0 Å². The summed E-state index contributed by atoms with van der Waals surface area (Å²) < 4.78 is 39.7. The Balaban J connectivity index is 2.53. The van der Waals surface area contributed by atoms with Crippen molar-refractivity contribution in [1.82, 2.24) is 9.38 Å². The van der Waals surface area contributed by atoms with E-state index in [0.717, 1.165) is 4.90 Å². The Bertz CT molecular complexity index is 592. The molecular formula is C13H16F3N3O. The molecule has 0 fully saturated rings. The van der Waals surface area contributed by atoms with Crippen molar-refractivity contribution in [3.8, 4) is 0 Å². The molecule has 0 unspecified atom stereocenters. The number of rotatable bonds is 4. The Hall–Kier alpha value is -1.76. The summed E-state index contributed by atoms with van der Waals surface area (Å²) in [6.07, 6.45) is -2.66. The monoisotopic (exact) mass is 287 g/mol. The van der Waals surface area contributed by atoms with E-state index in [1.165, 1.54) is 0 Å². The molecule has 0 aliphatic heterocycles. The number of aliphatic hydroxyl groups is 1. The molecule has 110 valence electrons. The van der Waals surface area contributed by atoms with Gasteiger partial charge in [-0.1, -0.05) is 6.07 Å². The van der Waals surface area contributed by atoms with Crippen LogP contribution in [0.5, 0.6) is 0 Å². The van der Waals surface area contributed by atoms with E-state index in [1.54, 1.807) is 42.6 Å². The van der Waals surface area contributed by atoms with Crippen molar-refractivity contribution >= 4 is 11.5 Å². The molecule has 1 N–H and O–H groups in total. The second-order valence-corrected chi connectivity index (χ2v) is 4.81. The Morgan fingerprint density at radius 2 is 2.05 bits per heavy atom. The van der Waals surface area contributed by atoms with E-state index in [9.17, 15) is 18.3 Å². The average Bonchev–Trinajstić information content (AvgIpc) is 2.72. The van der Waals surface area contributed by atoms with Crippen LogP contribution in [0.15, 0.2) is 24.4 Å². The van der Waals surface area contributed by atoms with Crippen LogP contribution < -0.4 is 4.90 Å². The van der Waals surface area contributed by atoms with Crippen molar-refractivity contribution in [1.29, 1.82) is 0 Å². The molecule has 0 amide bonds. The first-order valence-corrected chi connectivity index (χ1v) is 6.23. The molecular weight excluding hydrogens is 271 g/mol. The van der Waals surface area contributed by atoms with Gasteiger partial charge >= 0.3 is 6.18 Å². The van der Waals surface area contributed by atoms with Gasteiger partial charge < -0.3 is 10.0 Å². The first kappa shape index (κ1) is 14.6. The van der Waals surface area contributed by atoms with Crippen molar-refractivity contribution in [3.05, 3.63) is 30.1 Å². The third-order valence-electron chi connectivity index (χ3n) is 3.00. The van der Waals surface area contributed by atoms with Crippen LogP contribution in [0.25, 0.3) is 5.65 Å². The molecule has 0 saturated carbocycles. The molecule has 2 aromatic rings. The highest BCUT2D eigenvalue weighted by Gasteiger charge is 2.34. The summed E-state index contributed by atoms with van der Waals surface area (Å²) in [5, 5.41) is 9.47. The van der Waals surface area contributed by atoms with Gasteiger partial charge in [-0.15, -0.1) is 0 Å². The zero-order chi connectivity index (χ0) is 14.9. The SMILES string of the molecule is CC(C)N(CC(F)(F)F)c1nc2ccccn2c1CO. The molecule has 0 atom stereocenters. The number of alkyl halides is 3. The van der Waals surface area contributed by atoms with Crippen LogP contribution in [0.3, 0.4) is 0 Å². The fourth-order valence-corrected chi connectivity index (χ4v) is 2.11. The van der Waals surface area contributed by atoms with E-state index < -0.39 is 12.7 Å². The number of anilines is 1. The van der Waals surface area contributed by atoms with Gasteiger partial charge in [-0.25, -0.2) is 4.98 Å². The minimum atomic E-state index is -4.33. The summed E-state index contributed by atoms with van der Waals surface area (Å²) in [6, 6.07) is 4.79. The summed E-state index contributed by atoms with van der Waals surface area (Å²) in [5.74, 6) is 0.172. The molecule has 0 radical (unpaired) electrons. The lowest BCUT2D eigenvalue weighted by atomic mass is 10.3. The second-order valence-electron chi connectivity index (χ2n) is 4.81. The minimum absolute atomic E-state index is 0.172. The summed E-state index contributed by atoms with van der Waals surface area (Å²) in [6.45, 7) is 1.86. The third kappa shape index (κ3) is 2.87. The molecule has 2 aromatic heterocycles. The van der Waals surface area contributed by atoms with Crippen LogP contribution in [-0.4, -0.2) is 33.3 Å². The molecule has 0 aliphatic rings. The van der Waals surface area contributed by atoms with E-state index in [0.29, 0.717) is 11.3 Å². The van der Waals surface area contributed by atoms with Crippen LogP contribution in [0.1, 0.15) is 19.5 Å². The van der Waals surface area contributed by atoms with E-state index in [-0.39, 0.29) is 18.5 Å². The van der Waals surface area contributed by atoms with Crippen molar-refractivity contribution in [2.24, 2.45) is 0 Å². The molecule has 4 nitrogen and oxygen atoms in total. The maximum absolute atomic E-state index is 12.7. The van der Waals surface area contributed by atoms with Gasteiger partial charge in [0, 0.05) is 12.2 Å². The van der Waals surface area contributed by atoms with Gasteiger partial charge in [0.05, 0.1) is 12.3 Å². The first-order valence-electron chi connectivity index (χ1n) is 6.23. The van der Waals surface area contributed by atoms with E-state index in [2.05, 4.69) is 4.98 Å². The van der Waals surface area contributed by atoms with Crippen molar-refractivity contribution in [2.75, 3.05) is 11.4 Å². The Labute approximate surface area is 114 Å². The predicted molar refractivity (Wildman–Crippen MR) is 69.7 cm³/mol. The zero-order valence-corrected chi connectivity index (χ0v) is 11.2. The second kappa shape index (κ2) is 5.32. The van der Waals surface area contributed by atoms with Crippen LogP contribution in [0, 0.1) is 0 Å². The smallest absolute Gasteiger partial charge is 0.390 e. The predicted octanol–water partition coefficient (Wildman–Crippen LogP) is 2.60. The maximum atomic E-state index is 12.7. The molecule has 0 bridgehead atoms. The molecule has 0 spiro atoms. The van der Waals surface area contributed by atoms with Crippen LogP contribution >= 0.6 is 0 Å². The van der Waals surface area contributed by atoms with Gasteiger partial charge in [0.25, 0.3) is 0 Å². The summed E-state index contributed by atoms with van der Waals surface area (Å²) in [4.78, 5) is 5.37. The third-order valence-corrected chi connectivity index (χ3v) is 3.00. The lowest BCUT2D eigenvalue weighted by Crippen LogP contribution is -2.40. The number of hydrogen-bond acceptors (Lipinski definition) is 3. The lowest BCUT2D eigenvalue weighted by molar-refractivity contribution is -0.120. The van der Waals surface area contributed by atoms with Gasteiger partial charge in [0.2, 0.25) is 0 Å². The lowest BCUT2D eigenvalue weighted by Gasteiger charge is -2.28. The van der Waals surface area contributed by atoms with Crippen molar-refractivity contribution in [2.45, 2.75) is 32.7 Å². The van der Waals surface area contributed by atoms with Crippen molar-refractivity contribution in [3.63, 3.8) is 0 Å². The quantitative estimate of drug-likeness (QED) is 0.939. The highest BCUT2D eigenvalue weighted by molar-refractivity contribution is 5.56. The number of fused-ring (bicyclic) bond motifs is 1. The number of aliphatic hydroxyl groups excluding tert-OH is 1. The number of hydrogen-bond donors (Lipinski definition) is 1. The maximum Gasteiger partial charge on any atom is 0.405 e. The van der Waals surface area contributed by atoms with E-state index in [1.807, 2.05) is 0 Å². The largest absolute Gasteiger partial charge is 0.405 e. The number of aromatic nitrogens is 2. The average molecular weight is 287 g/mol. The minimum Gasteiger partial charge on any atom is -0.390 e. The molecule has 0 aromatic carbocycles. The van der Waals surface area contributed by atoms with Crippen molar-refractivity contribution < 1.29 is 18.3 Å². The Kier molecular flexibility index (Phi) is 3.89. The highest BCUT2D eigenvalue weighted by atomic mass is 19.4. The number of nitrogens with zero attached hydrogens (tertiary/aromatic N) is 3. The van der Waals surface area contributed by atoms with Gasteiger partial charge in [0.15, 0.2) is 5.82 Å². The summed E-state index contributed by atoms with van der Waals surface area (Å²) >= 11 is 0. The van der Waals surface area contributed by atoms with Crippen LogP contribution in [-0.2, 0) is 6.61 Å². The fraction of sp³-hybridized carbons (Fsp3) is 0.462. The molecule has 20 heavy (non-hydrogen) atoms. The molecule has 2 heterocycles. The zero-order valence-electron chi connectivity index (χ0n) is 11.2. The van der Waals surface area contributed by atoms with Gasteiger partial charge in [-0.2, -0.15) is 13.2 Å². The Morgan fingerprint density at radius 3 is 2.60 bits per heavy atom. The van der Waals surface area contributed by atoms with E-state index in [4.69, 9.17) is 0 Å². The van der Waals surface area contributed by atoms with Crippen LogP contribution in [0.4, 0.5) is 19.0 Å². The topological polar surface area (TPSA) is 40.8 Å². The molecule has 0 aliphatic carbocycles. The number of imidazole rings is 1. The standard InChI is InChI=1S/C13H16F3N3O/c1-9(2)19(8-13(14,15)16)12-10(7-20)18-6-4-3-5-11(18)17-12/h3-6,9,20H,7-8H2,1-2H3. The number of pyridine rings is 1. The highest BCUT2D eigenvalue weighted by Crippen LogP contribution is 2.27. The number of halogens is 3. The van der Waals surface area contributed by atoms with Crippen LogP contribution in [0.2, 0.25) is 0 Å². The van der Waals surface area contributed by atoms with E-state index >= 15 is 0 Å². The molecule has 2 rings (SSSR count). The molecule has 7 heteroatoms.